The van der Waals surface area contributed by atoms with Gasteiger partial charge in [-0.1, -0.05) is 0 Å². The average molecular weight is 304 g/mol. The average Bonchev–Trinajstić information content (AvgIpc) is 2.98. The van der Waals surface area contributed by atoms with Crippen LogP contribution in [-0.2, 0) is 0 Å². The molecule has 3 aromatic rings. The minimum atomic E-state index is -0.371. The van der Waals surface area contributed by atoms with Crippen LogP contribution in [0, 0.1) is 5.82 Å². The quantitative estimate of drug-likeness (QED) is 0.771. The number of nitrogens with zero attached hydrogens (tertiary/aromatic N) is 2. The Kier molecular flexibility index (Phi) is 3.57. The fourth-order valence-electron chi connectivity index (χ4n) is 1.92. The zero-order valence-electron chi connectivity index (χ0n) is 11.5. The highest BCUT2D eigenvalue weighted by Gasteiger charge is 2.11. The molecule has 108 valence electrons. The lowest BCUT2D eigenvalue weighted by Gasteiger charge is -2.10. The van der Waals surface area contributed by atoms with Crippen molar-refractivity contribution in [2.24, 2.45) is 0 Å². The van der Waals surface area contributed by atoms with Crippen molar-refractivity contribution in [2.75, 3.05) is 24.8 Å². The summed E-state index contributed by atoms with van der Waals surface area (Å²) in [7, 11) is 3.28. The zero-order chi connectivity index (χ0) is 14.8. The van der Waals surface area contributed by atoms with Gasteiger partial charge in [-0.2, -0.15) is 4.98 Å². The molecule has 0 fully saturated rings. The number of fused-ring (bicyclic) bond motifs is 1. The van der Waals surface area contributed by atoms with E-state index in [2.05, 4.69) is 20.6 Å². The molecule has 2 heterocycles. The molecule has 0 aliphatic rings. The van der Waals surface area contributed by atoms with Crippen LogP contribution < -0.4 is 15.4 Å². The van der Waals surface area contributed by atoms with Crippen LogP contribution in [0.3, 0.4) is 0 Å². The predicted molar refractivity (Wildman–Crippen MR) is 83.2 cm³/mol. The molecule has 0 aliphatic carbocycles. The number of methoxy groups -OCH3 is 1. The van der Waals surface area contributed by atoms with Gasteiger partial charge < -0.3 is 15.4 Å². The monoisotopic (exact) mass is 304 g/mol. The molecule has 0 amide bonds. The number of hydrogen-bond donors (Lipinski definition) is 2. The molecular weight excluding hydrogens is 291 g/mol. The van der Waals surface area contributed by atoms with E-state index in [9.17, 15) is 4.39 Å². The minimum absolute atomic E-state index is 0.308. The Morgan fingerprint density at radius 2 is 2.10 bits per heavy atom. The Labute approximate surface area is 124 Å². The van der Waals surface area contributed by atoms with Crippen LogP contribution in [0.4, 0.5) is 21.8 Å². The van der Waals surface area contributed by atoms with Crippen molar-refractivity contribution in [3.05, 3.63) is 35.5 Å². The third kappa shape index (κ3) is 2.59. The van der Waals surface area contributed by atoms with Gasteiger partial charge in [0.1, 0.15) is 22.2 Å². The van der Waals surface area contributed by atoms with Gasteiger partial charge in [0.05, 0.1) is 18.2 Å². The summed E-state index contributed by atoms with van der Waals surface area (Å²) >= 11 is 1.50. The Morgan fingerprint density at radius 1 is 1.24 bits per heavy atom. The number of hydrogen-bond acceptors (Lipinski definition) is 6. The standard InChI is InChI=1S/C14H13FN4OS/c1-16-14-18-12(9-5-6-21-13(9)19-14)17-11-7-8(20-2)3-4-10(11)15/h3-7H,1-2H3,(H2,16,17,18,19). The van der Waals surface area contributed by atoms with Crippen LogP contribution >= 0.6 is 11.3 Å². The van der Waals surface area contributed by atoms with Crippen molar-refractivity contribution in [1.29, 1.82) is 0 Å². The van der Waals surface area contributed by atoms with Gasteiger partial charge in [-0.25, -0.2) is 9.37 Å². The topological polar surface area (TPSA) is 59.1 Å². The van der Waals surface area contributed by atoms with Gasteiger partial charge in [-0.3, -0.25) is 0 Å². The largest absolute Gasteiger partial charge is 0.497 e. The first kappa shape index (κ1) is 13.6. The molecule has 0 aliphatic heterocycles. The SMILES string of the molecule is CNc1nc(Nc2cc(OC)ccc2F)c2ccsc2n1. The molecule has 21 heavy (non-hydrogen) atoms. The molecule has 0 bridgehead atoms. The van der Waals surface area contributed by atoms with Gasteiger partial charge in [-0.15, -0.1) is 11.3 Å². The van der Waals surface area contributed by atoms with Crippen molar-refractivity contribution < 1.29 is 9.13 Å². The molecule has 2 N–H and O–H groups in total. The maximum atomic E-state index is 13.9. The van der Waals surface area contributed by atoms with Crippen molar-refractivity contribution in [2.45, 2.75) is 0 Å². The summed E-state index contributed by atoms with van der Waals surface area (Å²) in [5.74, 6) is 1.24. The number of nitrogens with one attached hydrogen (secondary N) is 2. The van der Waals surface area contributed by atoms with E-state index < -0.39 is 0 Å². The van der Waals surface area contributed by atoms with Gasteiger partial charge in [-0.05, 0) is 23.6 Å². The Balaban J connectivity index is 2.07. The summed E-state index contributed by atoms with van der Waals surface area (Å²) in [6.07, 6.45) is 0. The van der Waals surface area contributed by atoms with Crippen LogP contribution in [0.25, 0.3) is 10.2 Å². The summed E-state index contributed by atoms with van der Waals surface area (Å²) in [5.41, 5.74) is 0.308. The van der Waals surface area contributed by atoms with Crippen molar-refractivity contribution >= 4 is 39.0 Å². The van der Waals surface area contributed by atoms with E-state index in [1.807, 2.05) is 11.4 Å². The van der Waals surface area contributed by atoms with E-state index >= 15 is 0 Å². The van der Waals surface area contributed by atoms with Crippen LogP contribution in [-0.4, -0.2) is 24.1 Å². The number of anilines is 3. The van der Waals surface area contributed by atoms with Crippen LogP contribution in [0.1, 0.15) is 0 Å². The molecule has 0 radical (unpaired) electrons. The van der Waals surface area contributed by atoms with Gasteiger partial charge >= 0.3 is 0 Å². The molecule has 0 spiro atoms. The molecule has 5 nitrogen and oxygen atoms in total. The number of aromatic nitrogens is 2. The third-order valence-electron chi connectivity index (χ3n) is 2.98. The first-order valence-corrected chi connectivity index (χ1v) is 7.13. The minimum Gasteiger partial charge on any atom is -0.497 e. The van der Waals surface area contributed by atoms with Crippen molar-refractivity contribution in [3.8, 4) is 5.75 Å². The summed E-state index contributed by atoms with van der Waals surface area (Å²) in [6, 6.07) is 6.42. The van der Waals surface area contributed by atoms with Crippen LogP contribution in [0.2, 0.25) is 0 Å². The second kappa shape index (κ2) is 5.53. The van der Waals surface area contributed by atoms with Crippen molar-refractivity contribution in [1.82, 2.24) is 9.97 Å². The molecule has 0 unspecified atom stereocenters. The lowest BCUT2D eigenvalue weighted by Crippen LogP contribution is -2.02. The first-order valence-electron chi connectivity index (χ1n) is 6.25. The first-order chi connectivity index (χ1) is 10.2. The number of benzene rings is 1. The highest BCUT2D eigenvalue weighted by Crippen LogP contribution is 2.30. The molecule has 0 atom stereocenters. The fraction of sp³-hybridized carbons (Fsp3) is 0.143. The Hall–Kier alpha value is -2.41. The molecule has 0 saturated carbocycles. The zero-order valence-corrected chi connectivity index (χ0v) is 12.3. The summed E-state index contributed by atoms with van der Waals surface area (Å²) in [6.45, 7) is 0. The van der Waals surface area contributed by atoms with E-state index in [-0.39, 0.29) is 5.82 Å². The highest BCUT2D eigenvalue weighted by molar-refractivity contribution is 7.16. The number of halogens is 1. The van der Waals surface area contributed by atoms with E-state index in [1.165, 1.54) is 24.5 Å². The van der Waals surface area contributed by atoms with Gasteiger partial charge in [0.25, 0.3) is 0 Å². The Bertz CT molecular complexity index is 790. The van der Waals surface area contributed by atoms with E-state index in [1.54, 1.807) is 19.2 Å². The van der Waals surface area contributed by atoms with Crippen molar-refractivity contribution in [3.63, 3.8) is 0 Å². The fourth-order valence-corrected chi connectivity index (χ4v) is 2.68. The number of thiophene rings is 1. The number of ether oxygens (including phenoxy) is 1. The van der Waals surface area contributed by atoms with E-state index in [0.717, 1.165) is 10.2 Å². The third-order valence-corrected chi connectivity index (χ3v) is 3.78. The summed E-state index contributed by atoms with van der Waals surface area (Å²) in [5, 5.41) is 8.68. The molecule has 2 aromatic heterocycles. The smallest absolute Gasteiger partial charge is 0.225 e. The van der Waals surface area contributed by atoms with Gasteiger partial charge in [0, 0.05) is 13.1 Å². The maximum Gasteiger partial charge on any atom is 0.225 e. The maximum absolute atomic E-state index is 13.9. The highest BCUT2D eigenvalue weighted by atomic mass is 32.1. The number of rotatable bonds is 4. The Morgan fingerprint density at radius 3 is 2.86 bits per heavy atom. The van der Waals surface area contributed by atoms with Crippen LogP contribution in [0.15, 0.2) is 29.6 Å². The van der Waals surface area contributed by atoms with E-state index in [0.29, 0.717) is 23.2 Å². The molecule has 1 aromatic carbocycles. The molecule has 0 saturated heterocycles. The molecule has 7 heteroatoms. The lowest BCUT2D eigenvalue weighted by atomic mass is 10.2. The van der Waals surface area contributed by atoms with E-state index in [4.69, 9.17) is 4.74 Å². The summed E-state index contributed by atoms with van der Waals surface area (Å²) < 4.78 is 19.0. The predicted octanol–water partition coefficient (Wildman–Crippen LogP) is 3.62. The lowest BCUT2D eigenvalue weighted by molar-refractivity contribution is 0.414. The van der Waals surface area contributed by atoms with Gasteiger partial charge in [0.15, 0.2) is 0 Å². The van der Waals surface area contributed by atoms with Crippen LogP contribution in [0.5, 0.6) is 5.75 Å². The second-order valence-corrected chi connectivity index (χ2v) is 5.15. The molecule has 3 rings (SSSR count). The summed E-state index contributed by atoms with van der Waals surface area (Å²) in [4.78, 5) is 9.53. The molecular formula is C14H13FN4OS. The van der Waals surface area contributed by atoms with Gasteiger partial charge in [0.2, 0.25) is 5.95 Å². The second-order valence-electron chi connectivity index (χ2n) is 4.26. The normalized spacial score (nSPS) is 10.6.